The predicted octanol–water partition coefficient (Wildman–Crippen LogP) is 3.54. The molecule has 0 aliphatic rings. The molecule has 0 bridgehead atoms. The molecule has 1 atom stereocenters. The highest BCUT2D eigenvalue weighted by Crippen LogP contribution is 2.26. The fourth-order valence-corrected chi connectivity index (χ4v) is 2.88. The molecular weight excluding hydrogens is 380 g/mol. The Morgan fingerprint density at radius 1 is 1.25 bits per heavy atom. The zero-order valence-corrected chi connectivity index (χ0v) is 14.9. The summed E-state index contributed by atoms with van der Waals surface area (Å²) in [6.07, 6.45) is 0. The van der Waals surface area contributed by atoms with Crippen molar-refractivity contribution in [3.8, 4) is 0 Å². The summed E-state index contributed by atoms with van der Waals surface area (Å²) in [4.78, 5) is 13.5. The Bertz CT molecular complexity index is 735. The molecule has 0 aromatic heterocycles. The van der Waals surface area contributed by atoms with Gasteiger partial charge in [0.1, 0.15) is 11.6 Å². The largest absolute Gasteiger partial charge is 0.382 e. The summed E-state index contributed by atoms with van der Waals surface area (Å²) in [7, 11) is 3.76. The Labute approximate surface area is 147 Å². The van der Waals surface area contributed by atoms with Crippen LogP contribution in [0.15, 0.2) is 40.9 Å². The van der Waals surface area contributed by atoms with Gasteiger partial charge in [0.25, 0.3) is 5.91 Å². The third kappa shape index (κ3) is 4.30. The van der Waals surface area contributed by atoms with E-state index < -0.39 is 11.7 Å². The fraction of sp³-hybridized carbons (Fsp3) is 0.235. The minimum atomic E-state index is -0.842. The van der Waals surface area contributed by atoms with Gasteiger partial charge >= 0.3 is 0 Å². The number of hydrogen-bond donors (Lipinski definition) is 2. The fourth-order valence-electron chi connectivity index (χ4n) is 2.45. The zero-order chi connectivity index (χ0) is 17.9. The highest BCUT2D eigenvalue weighted by molar-refractivity contribution is 9.10. The average molecular weight is 398 g/mol. The lowest BCUT2D eigenvalue weighted by molar-refractivity contribution is 0.0997. The Kier molecular flexibility index (Phi) is 5.90. The van der Waals surface area contributed by atoms with Crippen LogP contribution in [0.2, 0.25) is 0 Å². The summed E-state index contributed by atoms with van der Waals surface area (Å²) in [6, 6.07) is 8.85. The molecule has 3 N–H and O–H groups in total. The van der Waals surface area contributed by atoms with E-state index in [0.717, 1.165) is 5.56 Å². The van der Waals surface area contributed by atoms with Gasteiger partial charge in [-0.05, 0) is 43.9 Å². The van der Waals surface area contributed by atoms with Crippen LogP contribution in [0.3, 0.4) is 0 Å². The predicted molar refractivity (Wildman–Crippen MR) is 93.9 cm³/mol. The SMILES string of the molecule is CN(C)C(CNc1cc(Br)cc(F)c1C(N)=O)c1ccc(F)cc1. The standard InChI is InChI=1S/C17H18BrF2N3O/c1-23(2)15(10-3-5-12(19)6-4-10)9-22-14-8-11(18)7-13(20)16(14)17(21)24/h3-8,15,22H,9H2,1-2H3,(H2,21,24). The van der Waals surface area contributed by atoms with E-state index in [1.165, 1.54) is 18.2 Å². The molecule has 0 saturated heterocycles. The number of hydrogen-bond acceptors (Lipinski definition) is 3. The van der Waals surface area contributed by atoms with Crippen molar-refractivity contribution in [1.82, 2.24) is 4.90 Å². The summed E-state index contributed by atoms with van der Waals surface area (Å²) in [5.74, 6) is -1.84. The summed E-state index contributed by atoms with van der Waals surface area (Å²) in [5.41, 5.74) is 6.29. The molecule has 24 heavy (non-hydrogen) atoms. The quantitative estimate of drug-likeness (QED) is 0.783. The molecule has 0 spiro atoms. The van der Waals surface area contributed by atoms with Crippen molar-refractivity contribution in [2.45, 2.75) is 6.04 Å². The number of halogens is 3. The highest BCUT2D eigenvalue weighted by atomic mass is 79.9. The number of nitrogens with two attached hydrogens (primary N) is 1. The van der Waals surface area contributed by atoms with Gasteiger partial charge in [-0.1, -0.05) is 28.1 Å². The molecule has 0 heterocycles. The molecule has 0 fully saturated rings. The zero-order valence-electron chi connectivity index (χ0n) is 13.3. The molecule has 0 aliphatic heterocycles. The van der Waals surface area contributed by atoms with Gasteiger partial charge in [0.05, 0.1) is 17.3 Å². The van der Waals surface area contributed by atoms with E-state index in [4.69, 9.17) is 5.73 Å². The summed E-state index contributed by atoms with van der Waals surface area (Å²) in [6.45, 7) is 0.384. The molecule has 0 radical (unpaired) electrons. The first-order valence-electron chi connectivity index (χ1n) is 7.24. The van der Waals surface area contributed by atoms with Gasteiger partial charge in [0.15, 0.2) is 0 Å². The van der Waals surface area contributed by atoms with Gasteiger partial charge in [-0.3, -0.25) is 4.79 Å². The lowest BCUT2D eigenvalue weighted by Crippen LogP contribution is -2.28. The number of carbonyl (C=O) groups excluding carboxylic acids is 1. The molecule has 128 valence electrons. The van der Waals surface area contributed by atoms with E-state index in [1.54, 1.807) is 18.2 Å². The Hall–Kier alpha value is -1.99. The van der Waals surface area contributed by atoms with E-state index >= 15 is 0 Å². The van der Waals surface area contributed by atoms with Crippen molar-refractivity contribution in [2.24, 2.45) is 5.73 Å². The summed E-state index contributed by atoms with van der Waals surface area (Å²) in [5, 5.41) is 3.06. The molecule has 4 nitrogen and oxygen atoms in total. The van der Waals surface area contributed by atoms with Gasteiger partial charge < -0.3 is 16.0 Å². The maximum absolute atomic E-state index is 14.0. The Morgan fingerprint density at radius 3 is 2.42 bits per heavy atom. The van der Waals surface area contributed by atoms with Crippen LogP contribution in [-0.4, -0.2) is 31.4 Å². The third-order valence-electron chi connectivity index (χ3n) is 3.67. The van der Waals surface area contributed by atoms with Gasteiger partial charge in [-0.2, -0.15) is 0 Å². The van der Waals surface area contributed by atoms with Crippen molar-refractivity contribution in [1.29, 1.82) is 0 Å². The number of benzene rings is 2. The van der Waals surface area contributed by atoms with Crippen molar-refractivity contribution < 1.29 is 13.6 Å². The molecule has 2 aromatic rings. The van der Waals surface area contributed by atoms with Crippen molar-refractivity contribution >= 4 is 27.5 Å². The third-order valence-corrected chi connectivity index (χ3v) is 4.12. The van der Waals surface area contributed by atoms with Crippen LogP contribution in [0, 0.1) is 11.6 Å². The number of nitrogens with one attached hydrogen (secondary N) is 1. The number of nitrogens with zero attached hydrogens (tertiary/aromatic N) is 1. The summed E-state index contributed by atoms with van der Waals surface area (Å²) < 4.78 is 27.6. The number of carbonyl (C=O) groups is 1. The van der Waals surface area contributed by atoms with Crippen LogP contribution >= 0.6 is 15.9 Å². The molecule has 1 amide bonds. The molecule has 7 heteroatoms. The van der Waals surface area contributed by atoms with Crippen LogP contribution in [0.1, 0.15) is 22.0 Å². The lowest BCUT2D eigenvalue weighted by Gasteiger charge is -2.26. The molecule has 2 rings (SSSR count). The maximum atomic E-state index is 14.0. The normalized spacial score (nSPS) is 12.2. The van der Waals surface area contributed by atoms with Crippen molar-refractivity contribution in [2.75, 3.05) is 26.0 Å². The molecule has 2 aromatic carbocycles. The second-order valence-corrected chi connectivity index (χ2v) is 6.50. The Morgan fingerprint density at radius 2 is 1.88 bits per heavy atom. The van der Waals surface area contributed by atoms with Crippen LogP contribution in [0.4, 0.5) is 14.5 Å². The maximum Gasteiger partial charge on any atom is 0.253 e. The second-order valence-electron chi connectivity index (χ2n) is 5.59. The number of primary amides is 1. The van der Waals surface area contributed by atoms with E-state index in [1.807, 2.05) is 19.0 Å². The van der Waals surface area contributed by atoms with Crippen LogP contribution in [-0.2, 0) is 0 Å². The van der Waals surface area contributed by atoms with Gasteiger partial charge in [0, 0.05) is 11.0 Å². The number of likely N-dealkylation sites (N-methyl/N-ethyl adjacent to an activating group) is 1. The second kappa shape index (κ2) is 7.72. The molecule has 0 aliphatic carbocycles. The van der Waals surface area contributed by atoms with Gasteiger partial charge in [0.2, 0.25) is 0 Å². The van der Waals surface area contributed by atoms with Gasteiger partial charge in [-0.25, -0.2) is 8.78 Å². The first-order valence-corrected chi connectivity index (χ1v) is 8.03. The Balaban J connectivity index is 2.27. The van der Waals surface area contributed by atoms with E-state index in [0.29, 0.717) is 16.7 Å². The van der Waals surface area contributed by atoms with E-state index in [-0.39, 0.29) is 17.4 Å². The van der Waals surface area contributed by atoms with Crippen LogP contribution in [0.5, 0.6) is 0 Å². The molecular formula is C17H18BrF2N3O. The van der Waals surface area contributed by atoms with E-state index in [9.17, 15) is 13.6 Å². The minimum absolute atomic E-state index is 0.103. The average Bonchev–Trinajstić information content (AvgIpc) is 2.47. The topological polar surface area (TPSA) is 58.4 Å². The first-order chi connectivity index (χ1) is 11.3. The summed E-state index contributed by atoms with van der Waals surface area (Å²) >= 11 is 3.20. The van der Waals surface area contributed by atoms with Crippen LogP contribution in [0.25, 0.3) is 0 Å². The van der Waals surface area contributed by atoms with E-state index in [2.05, 4.69) is 21.2 Å². The van der Waals surface area contributed by atoms with Crippen molar-refractivity contribution in [3.63, 3.8) is 0 Å². The lowest BCUT2D eigenvalue weighted by atomic mass is 10.1. The highest BCUT2D eigenvalue weighted by Gasteiger charge is 2.18. The minimum Gasteiger partial charge on any atom is -0.382 e. The first kappa shape index (κ1) is 18.4. The van der Waals surface area contributed by atoms with Crippen LogP contribution < -0.4 is 11.1 Å². The van der Waals surface area contributed by atoms with Gasteiger partial charge in [-0.15, -0.1) is 0 Å². The molecule has 1 unspecified atom stereocenters. The number of amides is 1. The smallest absolute Gasteiger partial charge is 0.253 e. The van der Waals surface area contributed by atoms with Crippen molar-refractivity contribution in [3.05, 3.63) is 63.6 Å². The number of anilines is 1. The monoisotopic (exact) mass is 397 g/mol. The number of rotatable bonds is 6. The molecule has 0 saturated carbocycles.